The molecule has 0 aliphatic heterocycles. The van der Waals surface area contributed by atoms with E-state index in [1.165, 1.54) is 0 Å². The van der Waals surface area contributed by atoms with Crippen molar-refractivity contribution in [2.24, 2.45) is 5.10 Å². The number of nitrogens with one attached hydrogen (secondary N) is 1. The second-order valence-electron chi connectivity index (χ2n) is 4.34. The Balaban J connectivity index is 2.14. The van der Waals surface area contributed by atoms with Crippen LogP contribution >= 0.6 is 31.9 Å². The minimum Gasteiger partial charge on any atom is -0.492 e. The van der Waals surface area contributed by atoms with Crippen LogP contribution in [0.15, 0.2) is 50.4 Å². The summed E-state index contributed by atoms with van der Waals surface area (Å²) in [5, 5.41) is 4.23. The standard InChI is InChI=1S/C16H16Br2N2O2/c1-3-22-15-9-11(8-14(18)16(15)21-2)10-19-20-13-6-4-12(17)5-7-13/h4-10,20H,3H2,1-2H3. The molecule has 0 amide bonds. The number of anilines is 1. The molecule has 2 aromatic rings. The van der Waals surface area contributed by atoms with Gasteiger partial charge in [0.25, 0.3) is 0 Å². The zero-order valence-corrected chi connectivity index (χ0v) is 15.4. The van der Waals surface area contributed by atoms with Crippen molar-refractivity contribution in [1.29, 1.82) is 0 Å². The second kappa shape index (κ2) is 8.19. The summed E-state index contributed by atoms with van der Waals surface area (Å²) >= 11 is 6.88. The summed E-state index contributed by atoms with van der Waals surface area (Å²) < 4.78 is 12.8. The smallest absolute Gasteiger partial charge is 0.174 e. The van der Waals surface area contributed by atoms with Crippen molar-refractivity contribution in [3.8, 4) is 11.5 Å². The maximum Gasteiger partial charge on any atom is 0.174 e. The predicted molar refractivity (Wildman–Crippen MR) is 97.2 cm³/mol. The van der Waals surface area contributed by atoms with E-state index in [1.54, 1.807) is 13.3 Å². The van der Waals surface area contributed by atoms with Crippen LogP contribution in [0.2, 0.25) is 0 Å². The zero-order valence-electron chi connectivity index (χ0n) is 12.3. The summed E-state index contributed by atoms with van der Waals surface area (Å²) in [4.78, 5) is 0. The van der Waals surface area contributed by atoms with Crippen LogP contribution in [0.5, 0.6) is 11.5 Å². The number of hydrogen-bond acceptors (Lipinski definition) is 4. The Morgan fingerprint density at radius 3 is 2.55 bits per heavy atom. The number of nitrogens with zero attached hydrogens (tertiary/aromatic N) is 1. The molecule has 0 atom stereocenters. The average molecular weight is 428 g/mol. The molecule has 116 valence electrons. The molecular formula is C16H16Br2N2O2. The van der Waals surface area contributed by atoms with Gasteiger partial charge in [0.2, 0.25) is 0 Å². The fraction of sp³-hybridized carbons (Fsp3) is 0.188. The molecule has 0 aromatic heterocycles. The maximum absolute atomic E-state index is 5.58. The van der Waals surface area contributed by atoms with E-state index in [0.717, 1.165) is 20.2 Å². The highest BCUT2D eigenvalue weighted by Crippen LogP contribution is 2.36. The Bertz CT molecular complexity index is 658. The van der Waals surface area contributed by atoms with Crippen LogP contribution in [0.3, 0.4) is 0 Å². The van der Waals surface area contributed by atoms with Gasteiger partial charge in [0.1, 0.15) is 0 Å². The van der Waals surface area contributed by atoms with Crippen molar-refractivity contribution in [1.82, 2.24) is 0 Å². The molecule has 0 saturated carbocycles. The second-order valence-corrected chi connectivity index (χ2v) is 6.11. The lowest BCUT2D eigenvalue weighted by molar-refractivity contribution is 0.310. The van der Waals surface area contributed by atoms with E-state index in [9.17, 15) is 0 Å². The molecule has 2 rings (SSSR count). The predicted octanol–water partition coefficient (Wildman–Crippen LogP) is 5.06. The zero-order chi connectivity index (χ0) is 15.9. The molecule has 22 heavy (non-hydrogen) atoms. The molecule has 0 aliphatic rings. The van der Waals surface area contributed by atoms with Crippen molar-refractivity contribution in [2.45, 2.75) is 6.92 Å². The number of hydrazone groups is 1. The molecule has 0 radical (unpaired) electrons. The van der Waals surface area contributed by atoms with Crippen molar-refractivity contribution in [3.05, 3.63) is 50.9 Å². The quantitative estimate of drug-likeness (QED) is 0.517. The van der Waals surface area contributed by atoms with Crippen molar-refractivity contribution in [2.75, 3.05) is 19.1 Å². The minimum atomic E-state index is 0.570. The van der Waals surface area contributed by atoms with E-state index in [2.05, 4.69) is 42.4 Å². The van der Waals surface area contributed by atoms with Gasteiger partial charge < -0.3 is 9.47 Å². The third-order valence-electron chi connectivity index (χ3n) is 2.79. The summed E-state index contributed by atoms with van der Waals surface area (Å²) in [6.07, 6.45) is 1.73. The SMILES string of the molecule is CCOc1cc(C=NNc2ccc(Br)cc2)cc(Br)c1OC. The van der Waals surface area contributed by atoms with Crippen LogP contribution in [0.25, 0.3) is 0 Å². The lowest BCUT2D eigenvalue weighted by Crippen LogP contribution is -1.98. The van der Waals surface area contributed by atoms with Crippen LogP contribution in [0.1, 0.15) is 12.5 Å². The van der Waals surface area contributed by atoms with Crippen molar-refractivity contribution < 1.29 is 9.47 Å². The number of hydrogen-bond donors (Lipinski definition) is 1. The molecule has 0 bridgehead atoms. The van der Waals surface area contributed by atoms with E-state index in [4.69, 9.17) is 9.47 Å². The summed E-state index contributed by atoms with van der Waals surface area (Å²) in [6, 6.07) is 11.6. The lowest BCUT2D eigenvalue weighted by atomic mass is 10.2. The minimum absolute atomic E-state index is 0.570. The van der Waals surface area contributed by atoms with Crippen LogP contribution in [-0.4, -0.2) is 19.9 Å². The number of halogens is 2. The summed E-state index contributed by atoms with van der Waals surface area (Å²) in [6.45, 7) is 2.50. The Hall–Kier alpha value is -1.53. The van der Waals surface area contributed by atoms with Gasteiger partial charge in [0.05, 0.1) is 30.1 Å². The normalized spacial score (nSPS) is 10.7. The summed E-state index contributed by atoms with van der Waals surface area (Å²) in [5.41, 5.74) is 4.80. The van der Waals surface area contributed by atoms with E-state index in [0.29, 0.717) is 18.1 Å². The van der Waals surface area contributed by atoms with Crippen LogP contribution in [0, 0.1) is 0 Å². The average Bonchev–Trinajstić information content (AvgIpc) is 2.49. The summed E-state index contributed by atoms with van der Waals surface area (Å²) in [7, 11) is 1.62. The van der Waals surface area contributed by atoms with Gasteiger partial charge in [-0.2, -0.15) is 5.10 Å². The van der Waals surface area contributed by atoms with Gasteiger partial charge in [0, 0.05) is 4.47 Å². The van der Waals surface area contributed by atoms with Gasteiger partial charge in [-0.1, -0.05) is 15.9 Å². The van der Waals surface area contributed by atoms with Gasteiger partial charge in [-0.25, -0.2) is 0 Å². The van der Waals surface area contributed by atoms with Gasteiger partial charge >= 0.3 is 0 Å². The van der Waals surface area contributed by atoms with Gasteiger partial charge in [-0.15, -0.1) is 0 Å². The molecule has 2 aromatic carbocycles. The van der Waals surface area contributed by atoms with Crippen molar-refractivity contribution >= 4 is 43.8 Å². The fourth-order valence-corrected chi connectivity index (χ4v) is 2.72. The summed E-state index contributed by atoms with van der Waals surface area (Å²) in [5.74, 6) is 1.37. The Kier molecular flexibility index (Phi) is 6.27. The number of benzene rings is 2. The first-order valence-electron chi connectivity index (χ1n) is 6.69. The number of rotatable bonds is 6. The van der Waals surface area contributed by atoms with Crippen molar-refractivity contribution in [3.63, 3.8) is 0 Å². The first-order valence-corrected chi connectivity index (χ1v) is 8.27. The monoisotopic (exact) mass is 426 g/mol. The molecular weight excluding hydrogens is 412 g/mol. The van der Waals surface area contributed by atoms with Crippen LogP contribution in [-0.2, 0) is 0 Å². The highest BCUT2D eigenvalue weighted by Gasteiger charge is 2.10. The molecule has 0 saturated heterocycles. The highest BCUT2D eigenvalue weighted by molar-refractivity contribution is 9.10. The molecule has 0 unspecified atom stereocenters. The largest absolute Gasteiger partial charge is 0.492 e. The number of ether oxygens (including phenoxy) is 2. The van der Waals surface area contributed by atoms with E-state index in [-0.39, 0.29) is 0 Å². The lowest BCUT2D eigenvalue weighted by Gasteiger charge is -2.11. The molecule has 1 N–H and O–H groups in total. The highest BCUT2D eigenvalue weighted by atomic mass is 79.9. The Morgan fingerprint density at radius 2 is 1.91 bits per heavy atom. The fourth-order valence-electron chi connectivity index (χ4n) is 1.83. The molecule has 0 spiro atoms. The maximum atomic E-state index is 5.58. The van der Waals surface area contributed by atoms with Gasteiger partial charge in [-0.3, -0.25) is 5.43 Å². The van der Waals surface area contributed by atoms with Crippen LogP contribution in [0.4, 0.5) is 5.69 Å². The molecule has 6 heteroatoms. The van der Waals surface area contributed by atoms with Crippen LogP contribution < -0.4 is 14.9 Å². The third kappa shape index (κ3) is 4.48. The van der Waals surface area contributed by atoms with E-state index >= 15 is 0 Å². The first kappa shape index (κ1) is 16.8. The topological polar surface area (TPSA) is 42.8 Å². The molecule has 0 heterocycles. The van der Waals surface area contributed by atoms with E-state index < -0.39 is 0 Å². The Labute approximate surface area is 146 Å². The van der Waals surface area contributed by atoms with Gasteiger partial charge in [0.15, 0.2) is 11.5 Å². The third-order valence-corrected chi connectivity index (χ3v) is 3.91. The number of methoxy groups -OCH3 is 1. The molecule has 0 aliphatic carbocycles. The molecule has 4 nitrogen and oxygen atoms in total. The van der Waals surface area contributed by atoms with Gasteiger partial charge in [-0.05, 0) is 64.8 Å². The molecule has 0 fully saturated rings. The van der Waals surface area contributed by atoms with E-state index in [1.807, 2.05) is 43.3 Å². The first-order chi connectivity index (χ1) is 10.6. The Morgan fingerprint density at radius 1 is 1.18 bits per heavy atom.